The van der Waals surface area contributed by atoms with Crippen LogP contribution in [0.3, 0.4) is 0 Å². The fourth-order valence-corrected chi connectivity index (χ4v) is 4.23. The molecule has 1 amide bonds. The SMILES string of the molecule is CCOC(Cc1ccc(OCCN(CCC2CCCC2)C(=O)Oc2ccc(F)cc2)cc1)C(=O)O. The number of halogens is 1. The summed E-state index contributed by atoms with van der Waals surface area (Å²) in [6.07, 6.45) is 4.68. The van der Waals surface area contributed by atoms with Crippen molar-refractivity contribution in [3.05, 3.63) is 59.9 Å². The molecule has 1 unspecified atom stereocenters. The average Bonchev–Trinajstić information content (AvgIpc) is 3.37. The molecule has 190 valence electrons. The number of benzene rings is 2. The molecule has 8 heteroatoms. The van der Waals surface area contributed by atoms with Gasteiger partial charge < -0.3 is 24.2 Å². The molecule has 1 aliphatic carbocycles. The Kier molecular flexibility index (Phi) is 10.3. The van der Waals surface area contributed by atoms with E-state index in [-0.39, 0.29) is 13.0 Å². The number of carbonyl (C=O) groups is 2. The third-order valence-electron chi connectivity index (χ3n) is 6.18. The second-order valence-corrected chi connectivity index (χ2v) is 8.73. The van der Waals surface area contributed by atoms with Gasteiger partial charge in [-0.2, -0.15) is 0 Å². The standard InChI is InChI=1S/C27H34FNO6/c1-2-33-25(26(30)31)19-21-7-11-23(12-8-21)34-18-17-29(16-15-20-5-3-4-6-20)27(32)35-24-13-9-22(28)10-14-24/h7-14,20,25H,2-6,15-19H2,1H3,(H,30,31). The summed E-state index contributed by atoms with van der Waals surface area (Å²) in [7, 11) is 0. The topological polar surface area (TPSA) is 85.3 Å². The molecule has 2 aromatic carbocycles. The van der Waals surface area contributed by atoms with E-state index in [0.717, 1.165) is 12.0 Å². The predicted molar refractivity (Wildman–Crippen MR) is 129 cm³/mol. The lowest BCUT2D eigenvalue weighted by Crippen LogP contribution is -2.38. The normalized spacial score (nSPS) is 14.5. The summed E-state index contributed by atoms with van der Waals surface area (Å²) in [6.45, 7) is 3.29. The van der Waals surface area contributed by atoms with Crippen LogP contribution < -0.4 is 9.47 Å². The zero-order chi connectivity index (χ0) is 25.0. The van der Waals surface area contributed by atoms with Gasteiger partial charge in [0.15, 0.2) is 6.10 Å². The number of nitrogens with zero attached hydrogens (tertiary/aromatic N) is 1. The lowest BCUT2D eigenvalue weighted by atomic mass is 10.0. The molecule has 3 rings (SSSR count). The molecule has 1 saturated carbocycles. The molecule has 0 radical (unpaired) electrons. The van der Waals surface area contributed by atoms with Gasteiger partial charge in [-0.25, -0.2) is 14.0 Å². The first kappa shape index (κ1) is 26.5. The zero-order valence-corrected chi connectivity index (χ0v) is 20.2. The van der Waals surface area contributed by atoms with E-state index in [1.54, 1.807) is 24.0 Å². The molecule has 0 aromatic heterocycles. The first-order valence-electron chi connectivity index (χ1n) is 12.2. The molecule has 1 atom stereocenters. The molecule has 35 heavy (non-hydrogen) atoms. The van der Waals surface area contributed by atoms with Gasteiger partial charge in [-0.3, -0.25) is 0 Å². The van der Waals surface area contributed by atoms with E-state index in [0.29, 0.717) is 37.1 Å². The number of ether oxygens (including phenoxy) is 3. The Morgan fingerprint density at radius 1 is 1.03 bits per heavy atom. The van der Waals surface area contributed by atoms with Crippen LogP contribution in [0.4, 0.5) is 9.18 Å². The monoisotopic (exact) mass is 487 g/mol. The number of hydrogen-bond donors (Lipinski definition) is 1. The van der Waals surface area contributed by atoms with Crippen molar-refractivity contribution in [3.8, 4) is 11.5 Å². The Hall–Kier alpha value is -3.13. The van der Waals surface area contributed by atoms with Crippen molar-refractivity contribution >= 4 is 12.1 Å². The van der Waals surface area contributed by atoms with E-state index in [2.05, 4.69) is 0 Å². The molecule has 2 aromatic rings. The van der Waals surface area contributed by atoms with E-state index in [1.165, 1.54) is 49.9 Å². The maximum Gasteiger partial charge on any atom is 0.415 e. The number of rotatable bonds is 13. The van der Waals surface area contributed by atoms with Crippen LogP contribution in [0.2, 0.25) is 0 Å². The first-order chi connectivity index (χ1) is 16.9. The van der Waals surface area contributed by atoms with Crippen LogP contribution in [0.5, 0.6) is 11.5 Å². The zero-order valence-electron chi connectivity index (χ0n) is 20.2. The van der Waals surface area contributed by atoms with Crippen molar-refractivity contribution in [3.63, 3.8) is 0 Å². The minimum Gasteiger partial charge on any atom is -0.492 e. The maximum atomic E-state index is 13.2. The maximum absolute atomic E-state index is 13.2. The summed E-state index contributed by atoms with van der Waals surface area (Å²) < 4.78 is 29.7. The molecular formula is C27H34FNO6. The lowest BCUT2D eigenvalue weighted by Gasteiger charge is -2.23. The lowest BCUT2D eigenvalue weighted by molar-refractivity contribution is -0.149. The summed E-state index contributed by atoms with van der Waals surface area (Å²) in [6, 6.07) is 12.5. The van der Waals surface area contributed by atoms with Crippen LogP contribution in [0, 0.1) is 11.7 Å². The fourth-order valence-electron chi connectivity index (χ4n) is 4.23. The molecule has 0 saturated heterocycles. The van der Waals surface area contributed by atoms with E-state index in [4.69, 9.17) is 14.2 Å². The van der Waals surface area contributed by atoms with Crippen molar-refractivity contribution in [2.45, 2.75) is 51.6 Å². The van der Waals surface area contributed by atoms with E-state index in [9.17, 15) is 19.1 Å². The summed E-state index contributed by atoms with van der Waals surface area (Å²) in [5.41, 5.74) is 0.833. The molecular weight excluding hydrogens is 453 g/mol. The number of carbonyl (C=O) groups excluding carboxylic acids is 1. The van der Waals surface area contributed by atoms with Crippen LogP contribution in [0.25, 0.3) is 0 Å². The van der Waals surface area contributed by atoms with Crippen molar-refractivity contribution in [1.29, 1.82) is 0 Å². The van der Waals surface area contributed by atoms with Crippen molar-refractivity contribution in [2.75, 3.05) is 26.3 Å². The van der Waals surface area contributed by atoms with Gasteiger partial charge in [0.05, 0.1) is 6.54 Å². The Labute approximate surface area is 205 Å². The van der Waals surface area contributed by atoms with E-state index >= 15 is 0 Å². The number of hydrogen-bond acceptors (Lipinski definition) is 5. The van der Waals surface area contributed by atoms with Gasteiger partial charge in [0.1, 0.15) is 23.9 Å². The van der Waals surface area contributed by atoms with Crippen molar-refractivity contribution in [2.24, 2.45) is 5.92 Å². The average molecular weight is 488 g/mol. The van der Waals surface area contributed by atoms with Gasteiger partial charge in [0.2, 0.25) is 0 Å². The highest BCUT2D eigenvalue weighted by Gasteiger charge is 2.21. The quantitative estimate of drug-likeness (QED) is 0.412. The molecule has 7 nitrogen and oxygen atoms in total. The number of aliphatic carboxylic acids is 1. The Balaban J connectivity index is 1.53. The molecule has 1 aliphatic rings. The van der Waals surface area contributed by atoms with Gasteiger partial charge in [0, 0.05) is 19.6 Å². The molecule has 1 N–H and O–H groups in total. The number of amides is 1. The van der Waals surface area contributed by atoms with E-state index < -0.39 is 24.0 Å². The Morgan fingerprint density at radius 2 is 1.69 bits per heavy atom. The highest BCUT2D eigenvalue weighted by atomic mass is 19.1. The predicted octanol–water partition coefficient (Wildman–Crippen LogP) is 5.32. The molecule has 0 aliphatic heterocycles. The van der Waals surface area contributed by atoms with E-state index in [1.807, 2.05) is 12.1 Å². The number of carboxylic acids is 1. The Bertz CT molecular complexity index is 928. The number of carboxylic acid groups (broad SMARTS) is 1. The highest BCUT2D eigenvalue weighted by molar-refractivity contribution is 5.72. The summed E-state index contributed by atoms with van der Waals surface area (Å²) in [4.78, 5) is 25.7. The second-order valence-electron chi connectivity index (χ2n) is 8.73. The van der Waals surface area contributed by atoms with Crippen LogP contribution in [-0.2, 0) is 16.0 Å². The van der Waals surface area contributed by atoms with Gasteiger partial charge in [-0.05, 0) is 61.2 Å². The highest BCUT2D eigenvalue weighted by Crippen LogP contribution is 2.27. The minimum atomic E-state index is -0.989. The van der Waals surface area contributed by atoms with Crippen molar-refractivity contribution < 1.29 is 33.3 Å². The fraction of sp³-hybridized carbons (Fsp3) is 0.481. The van der Waals surface area contributed by atoms with Gasteiger partial charge >= 0.3 is 12.1 Å². The summed E-state index contributed by atoms with van der Waals surface area (Å²) in [5, 5.41) is 9.24. The summed E-state index contributed by atoms with van der Waals surface area (Å²) >= 11 is 0. The third kappa shape index (κ3) is 8.87. The van der Waals surface area contributed by atoms with Crippen LogP contribution >= 0.6 is 0 Å². The van der Waals surface area contributed by atoms with Gasteiger partial charge in [-0.1, -0.05) is 37.8 Å². The second kappa shape index (κ2) is 13.7. The largest absolute Gasteiger partial charge is 0.492 e. The smallest absolute Gasteiger partial charge is 0.415 e. The molecule has 0 bridgehead atoms. The molecule has 0 spiro atoms. The van der Waals surface area contributed by atoms with Crippen LogP contribution in [0.1, 0.15) is 44.6 Å². The minimum absolute atomic E-state index is 0.271. The van der Waals surface area contributed by atoms with Gasteiger partial charge in [0.25, 0.3) is 0 Å². The third-order valence-corrected chi connectivity index (χ3v) is 6.18. The molecule has 0 heterocycles. The molecule has 1 fully saturated rings. The Morgan fingerprint density at radius 3 is 2.31 bits per heavy atom. The first-order valence-corrected chi connectivity index (χ1v) is 12.2. The van der Waals surface area contributed by atoms with Gasteiger partial charge in [-0.15, -0.1) is 0 Å². The van der Waals surface area contributed by atoms with Crippen LogP contribution in [0.15, 0.2) is 48.5 Å². The van der Waals surface area contributed by atoms with Crippen molar-refractivity contribution in [1.82, 2.24) is 4.90 Å². The van der Waals surface area contributed by atoms with Crippen LogP contribution in [-0.4, -0.2) is 54.5 Å². The summed E-state index contributed by atoms with van der Waals surface area (Å²) in [5.74, 6) is 0.164.